The normalized spacial score (nSPS) is 13.4. The van der Waals surface area contributed by atoms with Gasteiger partial charge in [0.2, 0.25) is 5.13 Å². The molecule has 2 heterocycles. The monoisotopic (exact) mass is 444 g/mol. The Morgan fingerprint density at radius 1 is 1.00 bits per heavy atom. The molecule has 2 aromatic carbocycles. The van der Waals surface area contributed by atoms with E-state index in [0.717, 1.165) is 16.2 Å². The Bertz CT molecular complexity index is 1190. The summed E-state index contributed by atoms with van der Waals surface area (Å²) in [6.45, 7) is 0.131. The van der Waals surface area contributed by atoms with Gasteiger partial charge in [0, 0.05) is 13.0 Å². The molecule has 0 unspecified atom stereocenters. The van der Waals surface area contributed by atoms with Crippen LogP contribution in [0.2, 0.25) is 0 Å². The minimum absolute atomic E-state index is 0.0612. The van der Waals surface area contributed by atoms with Gasteiger partial charge in [-0.3, -0.25) is 19.2 Å². The molecule has 0 fully saturated rings. The van der Waals surface area contributed by atoms with Crippen molar-refractivity contribution in [2.75, 3.05) is 18.4 Å². The lowest BCUT2D eigenvalue weighted by atomic mass is 10.1. The summed E-state index contributed by atoms with van der Waals surface area (Å²) >= 11 is 1.05. The summed E-state index contributed by atoms with van der Waals surface area (Å²) in [4.78, 5) is 26.0. The lowest BCUT2D eigenvalue weighted by Gasteiger charge is -2.12. The van der Waals surface area contributed by atoms with E-state index >= 15 is 0 Å². The molecule has 0 bridgehead atoms. The first-order chi connectivity index (χ1) is 14.4. The molecule has 3 aromatic rings. The van der Waals surface area contributed by atoms with Crippen molar-refractivity contribution in [2.24, 2.45) is 0 Å². The Hall–Kier alpha value is -3.31. The summed E-state index contributed by atoms with van der Waals surface area (Å²) in [7, 11) is -2.33. The molecule has 0 saturated heterocycles. The summed E-state index contributed by atoms with van der Waals surface area (Å²) in [5.74, 6) is -0.151. The van der Waals surface area contributed by atoms with Crippen molar-refractivity contribution in [3.63, 3.8) is 0 Å². The van der Waals surface area contributed by atoms with Crippen LogP contribution in [-0.2, 0) is 16.4 Å². The summed E-state index contributed by atoms with van der Waals surface area (Å²) in [6, 6.07) is 12.6. The first kappa shape index (κ1) is 20.0. The lowest BCUT2D eigenvalue weighted by Crippen LogP contribution is -2.31. The highest BCUT2D eigenvalue weighted by Crippen LogP contribution is 2.25. The molecule has 154 valence electrons. The van der Waals surface area contributed by atoms with Gasteiger partial charge in [-0.15, -0.1) is 10.2 Å². The van der Waals surface area contributed by atoms with Gasteiger partial charge in [0.25, 0.3) is 21.8 Å². The number of rotatable bonds is 7. The standard InChI is InChI=1S/C19H16N4O5S2/c1-28-12-6-8-13(9-7-12)30(26,27)22-19-21-20-16(29-19)10-11-23-17(24)14-4-2-3-5-15(14)18(23)25/h2-9H,10-11H2,1H3,(H,21,22). The van der Waals surface area contributed by atoms with Crippen LogP contribution in [0.4, 0.5) is 5.13 Å². The summed E-state index contributed by atoms with van der Waals surface area (Å²) < 4.78 is 32.4. The molecule has 11 heteroatoms. The van der Waals surface area contributed by atoms with Gasteiger partial charge >= 0.3 is 0 Å². The molecule has 1 aliphatic heterocycles. The molecular weight excluding hydrogens is 428 g/mol. The SMILES string of the molecule is COc1ccc(S(=O)(=O)Nc2nnc(CCN3C(=O)c4ccccc4C3=O)s2)cc1. The molecule has 0 spiro atoms. The van der Waals surface area contributed by atoms with E-state index in [1.807, 2.05) is 0 Å². The molecule has 30 heavy (non-hydrogen) atoms. The number of hydrogen-bond acceptors (Lipinski definition) is 8. The minimum atomic E-state index is -3.83. The van der Waals surface area contributed by atoms with Crippen molar-refractivity contribution >= 4 is 38.3 Å². The van der Waals surface area contributed by atoms with Gasteiger partial charge in [-0.05, 0) is 36.4 Å². The summed E-state index contributed by atoms with van der Waals surface area (Å²) in [6.07, 6.45) is 0.271. The van der Waals surface area contributed by atoms with Gasteiger partial charge in [-0.1, -0.05) is 23.5 Å². The van der Waals surface area contributed by atoms with Crippen LogP contribution in [0.5, 0.6) is 5.75 Å². The van der Waals surface area contributed by atoms with Crippen LogP contribution >= 0.6 is 11.3 Å². The van der Waals surface area contributed by atoms with Crippen molar-refractivity contribution in [3.05, 3.63) is 64.7 Å². The molecule has 0 atom stereocenters. The second-order valence-electron chi connectivity index (χ2n) is 6.34. The number of anilines is 1. The highest BCUT2D eigenvalue weighted by Gasteiger charge is 2.34. The van der Waals surface area contributed by atoms with Gasteiger partial charge in [0.1, 0.15) is 10.8 Å². The number of nitrogens with zero attached hydrogens (tertiary/aromatic N) is 3. The van der Waals surface area contributed by atoms with E-state index in [2.05, 4.69) is 14.9 Å². The molecule has 4 rings (SSSR count). The number of sulfonamides is 1. The number of carbonyl (C=O) groups is 2. The molecule has 1 aliphatic rings. The number of fused-ring (bicyclic) bond motifs is 1. The lowest BCUT2D eigenvalue weighted by molar-refractivity contribution is 0.0656. The van der Waals surface area contributed by atoms with Crippen LogP contribution in [0, 0.1) is 0 Å². The quantitative estimate of drug-likeness (QED) is 0.555. The maximum Gasteiger partial charge on any atom is 0.263 e. The number of carbonyl (C=O) groups excluding carboxylic acids is 2. The third-order valence-corrected chi connectivity index (χ3v) is 6.87. The van der Waals surface area contributed by atoms with E-state index in [1.165, 1.54) is 19.2 Å². The van der Waals surface area contributed by atoms with Gasteiger partial charge in [0.15, 0.2) is 0 Å². The third-order valence-electron chi connectivity index (χ3n) is 4.49. The Morgan fingerprint density at radius 2 is 1.63 bits per heavy atom. The average Bonchev–Trinajstić information content (AvgIpc) is 3.29. The highest BCUT2D eigenvalue weighted by atomic mass is 32.2. The van der Waals surface area contributed by atoms with Gasteiger partial charge in [0.05, 0.1) is 23.1 Å². The van der Waals surface area contributed by atoms with E-state index in [-0.39, 0.29) is 34.8 Å². The molecule has 2 amide bonds. The van der Waals surface area contributed by atoms with Crippen LogP contribution in [0.25, 0.3) is 0 Å². The van der Waals surface area contributed by atoms with Gasteiger partial charge < -0.3 is 4.74 Å². The molecule has 0 saturated carbocycles. The highest BCUT2D eigenvalue weighted by molar-refractivity contribution is 7.93. The Labute approximate surface area is 176 Å². The number of ether oxygens (including phenoxy) is 1. The first-order valence-electron chi connectivity index (χ1n) is 8.83. The van der Waals surface area contributed by atoms with E-state index in [0.29, 0.717) is 21.9 Å². The predicted octanol–water partition coefficient (Wildman–Crippen LogP) is 2.19. The zero-order chi connectivity index (χ0) is 21.3. The van der Waals surface area contributed by atoms with Crippen molar-refractivity contribution in [2.45, 2.75) is 11.3 Å². The minimum Gasteiger partial charge on any atom is -0.497 e. The fourth-order valence-electron chi connectivity index (χ4n) is 2.97. The van der Waals surface area contributed by atoms with Crippen molar-refractivity contribution < 1.29 is 22.7 Å². The number of nitrogens with one attached hydrogen (secondary N) is 1. The number of imide groups is 1. The predicted molar refractivity (Wildman–Crippen MR) is 109 cm³/mol. The van der Waals surface area contributed by atoms with Crippen molar-refractivity contribution in [1.29, 1.82) is 0 Å². The maximum atomic E-state index is 12.5. The fraction of sp³-hybridized carbons (Fsp3) is 0.158. The Kier molecular flexibility index (Phi) is 5.22. The number of hydrogen-bond donors (Lipinski definition) is 1. The van der Waals surface area contributed by atoms with Crippen LogP contribution < -0.4 is 9.46 Å². The number of methoxy groups -OCH3 is 1. The maximum absolute atomic E-state index is 12.5. The zero-order valence-electron chi connectivity index (χ0n) is 15.7. The molecule has 0 radical (unpaired) electrons. The van der Waals surface area contributed by atoms with Gasteiger partial charge in [-0.25, -0.2) is 8.42 Å². The van der Waals surface area contributed by atoms with Crippen molar-refractivity contribution in [3.8, 4) is 5.75 Å². The van der Waals surface area contributed by atoms with Crippen LogP contribution in [0.3, 0.4) is 0 Å². The van der Waals surface area contributed by atoms with Crippen LogP contribution in [-0.4, -0.2) is 49.0 Å². The molecule has 1 N–H and O–H groups in total. The third kappa shape index (κ3) is 3.76. The average molecular weight is 444 g/mol. The largest absolute Gasteiger partial charge is 0.497 e. The van der Waals surface area contributed by atoms with E-state index < -0.39 is 10.0 Å². The number of benzene rings is 2. The summed E-state index contributed by atoms with van der Waals surface area (Å²) in [5, 5.41) is 8.40. The smallest absolute Gasteiger partial charge is 0.263 e. The molecular formula is C19H16N4O5S2. The second-order valence-corrected chi connectivity index (χ2v) is 9.08. The number of amides is 2. The summed E-state index contributed by atoms with van der Waals surface area (Å²) in [5.41, 5.74) is 0.764. The Morgan fingerprint density at radius 3 is 2.23 bits per heavy atom. The fourth-order valence-corrected chi connectivity index (χ4v) is 4.93. The zero-order valence-corrected chi connectivity index (χ0v) is 17.4. The topological polar surface area (TPSA) is 119 Å². The number of aromatic nitrogens is 2. The second kappa shape index (κ2) is 7.84. The van der Waals surface area contributed by atoms with Crippen LogP contribution in [0.1, 0.15) is 25.7 Å². The Balaban J connectivity index is 1.41. The van der Waals surface area contributed by atoms with Crippen LogP contribution in [0.15, 0.2) is 53.4 Å². The van der Waals surface area contributed by atoms with Crippen molar-refractivity contribution in [1.82, 2.24) is 15.1 Å². The molecule has 1 aromatic heterocycles. The van der Waals surface area contributed by atoms with E-state index in [9.17, 15) is 18.0 Å². The molecule has 0 aliphatic carbocycles. The van der Waals surface area contributed by atoms with E-state index in [4.69, 9.17) is 4.74 Å². The van der Waals surface area contributed by atoms with E-state index in [1.54, 1.807) is 36.4 Å². The first-order valence-corrected chi connectivity index (χ1v) is 11.1. The van der Waals surface area contributed by atoms with Gasteiger partial charge in [-0.2, -0.15) is 0 Å². The molecule has 9 nitrogen and oxygen atoms in total.